The smallest absolute Gasteiger partial charge is 0.358 e. The molecule has 0 aliphatic heterocycles. The molecule has 1 aliphatic rings. The second-order valence-corrected chi connectivity index (χ2v) is 3.43. The molecule has 0 radical (unpaired) electrons. The highest BCUT2D eigenvalue weighted by molar-refractivity contribution is 5.87. The Balaban J connectivity index is 2.47. The van der Waals surface area contributed by atoms with Gasteiger partial charge >= 0.3 is 5.97 Å². The van der Waals surface area contributed by atoms with Gasteiger partial charge in [-0.3, -0.25) is 0 Å². The number of nitrogens with zero attached hydrogens (tertiary/aromatic N) is 1. The topological polar surface area (TPSA) is 83.6 Å². The van der Waals surface area contributed by atoms with Crippen molar-refractivity contribution in [3.8, 4) is 0 Å². The lowest BCUT2D eigenvalue weighted by atomic mass is 10.1. The van der Waals surface area contributed by atoms with Crippen molar-refractivity contribution in [3.63, 3.8) is 0 Å². The van der Waals surface area contributed by atoms with Crippen molar-refractivity contribution in [2.24, 2.45) is 0 Å². The minimum absolute atomic E-state index is 0.144. The van der Waals surface area contributed by atoms with Crippen LogP contribution in [0.2, 0.25) is 0 Å². The van der Waals surface area contributed by atoms with Crippen LogP contribution >= 0.6 is 0 Å². The number of aryl methyl sites for hydroxylation is 1. The summed E-state index contributed by atoms with van der Waals surface area (Å²) in [7, 11) is 0. The Morgan fingerprint density at radius 1 is 1.50 bits per heavy atom. The molecular weight excluding hydrogens is 186 g/mol. The van der Waals surface area contributed by atoms with E-state index in [1.807, 2.05) is 0 Å². The molecule has 1 heterocycles. The maximum Gasteiger partial charge on any atom is 0.358 e. The van der Waals surface area contributed by atoms with Crippen molar-refractivity contribution >= 4 is 5.97 Å². The lowest BCUT2D eigenvalue weighted by Gasteiger charge is -2.05. The van der Waals surface area contributed by atoms with Crippen LogP contribution in [0.4, 0.5) is 0 Å². The molecule has 0 spiro atoms. The largest absolute Gasteiger partial charge is 0.476 e. The summed E-state index contributed by atoms with van der Waals surface area (Å²) in [6.07, 6.45) is 2.27. The molecule has 76 valence electrons. The molecule has 5 nitrogen and oxygen atoms in total. The predicted octanol–water partition coefficient (Wildman–Crippen LogP) is 1.13. The van der Waals surface area contributed by atoms with Gasteiger partial charge in [0.15, 0.2) is 5.69 Å². The first-order chi connectivity index (χ1) is 6.70. The minimum Gasteiger partial charge on any atom is -0.476 e. The number of aromatic nitrogens is 1. The van der Waals surface area contributed by atoms with Crippen molar-refractivity contribution in [1.29, 1.82) is 0 Å². The Kier molecular flexibility index (Phi) is 2.25. The summed E-state index contributed by atoms with van der Waals surface area (Å²) in [5, 5.41) is 22.0. The molecule has 0 bridgehead atoms. The van der Waals surface area contributed by atoms with Crippen LogP contribution in [0, 0.1) is 0 Å². The minimum atomic E-state index is -1.14. The monoisotopic (exact) mass is 197 g/mol. The van der Waals surface area contributed by atoms with Gasteiger partial charge in [0.05, 0.1) is 11.7 Å². The first-order valence-electron chi connectivity index (χ1n) is 4.60. The number of aliphatic hydroxyl groups excluding tert-OH is 1. The molecule has 0 aromatic carbocycles. The van der Waals surface area contributed by atoms with Gasteiger partial charge in [-0.2, -0.15) is 0 Å². The molecule has 1 aromatic rings. The van der Waals surface area contributed by atoms with E-state index in [0.29, 0.717) is 24.2 Å². The van der Waals surface area contributed by atoms with Crippen LogP contribution in [0.15, 0.2) is 4.52 Å². The number of hydrogen-bond donors (Lipinski definition) is 2. The summed E-state index contributed by atoms with van der Waals surface area (Å²) in [5.41, 5.74) is 0.226. The van der Waals surface area contributed by atoms with Crippen molar-refractivity contribution in [2.75, 3.05) is 0 Å². The van der Waals surface area contributed by atoms with Gasteiger partial charge in [-0.25, -0.2) is 4.79 Å². The molecule has 1 aliphatic carbocycles. The van der Waals surface area contributed by atoms with E-state index in [0.717, 1.165) is 12.8 Å². The third kappa shape index (κ3) is 1.39. The molecule has 0 amide bonds. The summed E-state index contributed by atoms with van der Waals surface area (Å²) < 4.78 is 4.91. The lowest BCUT2D eigenvalue weighted by Crippen LogP contribution is -2.06. The van der Waals surface area contributed by atoms with E-state index in [4.69, 9.17) is 9.63 Å². The van der Waals surface area contributed by atoms with Gasteiger partial charge in [0.25, 0.3) is 0 Å². The van der Waals surface area contributed by atoms with E-state index in [1.165, 1.54) is 0 Å². The van der Waals surface area contributed by atoms with Gasteiger partial charge in [0.2, 0.25) is 0 Å². The molecule has 1 aromatic heterocycles. The van der Waals surface area contributed by atoms with Crippen LogP contribution in [0.5, 0.6) is 0 Å². The van der Waals surface area contributed by atoms with Gasteiger partial charge in [-0.1, -0.05) is 11.6 Å². The van der Waals surface area contributed by atoms with Gasteiger partial charge in [-0.15, -0.1) is 0 Å². The van der Waals surface area contributed by atoms with Crippen LogP contribution in [-0.2, 0) is 6.42 Å². The fourth-order valence-electron chi connectivity index (χ4n) is 1.78. The normalized spacial score (nSPS) is 21.4. The molecule has 14 heavy (non-hydrogen) atoms. The lowest BCUT2D eigenvalue weighted by molar-refractivity contribution is 0.0677. The number of rotatable bonds is 1. The van der Waals surface area contributed by atoms with Gasteiger partial charge in [0, 0.05) is 6.42 Å². The third-order valence-electron chi connectivity index (χ3n) is 2.47. The van der Waals surface area contributed by atoms with Gasteiger partial charge in [-0.05, 0) is 12.8 Å². The average molecular weight is 197 g/mol. The Hall–Kier alpha value is -1.36. The van der Waals surface area contributed by atoms with Crippen LogP contribution in [0.25, 0.3) is 0 Å². The van der Waals surface area contributed by atoms with E-state index in [1.54, 1.807) is 0 Å². The van der Waals surface area contributed by atoms with E-state index >= 15 is 0 Å². The summed E-state index contributed by atoms with van der Waals surface area (Å²) in [5.74, 6) is -0.622. The molecule has 2 rings (SSSR count). The Morgan fingerprint density at radius 2 is 2.29 bits per heavy atom. The summed E-state index contributed by atoms with van der Waals surface area (Å²) in [4.78, 5) is 10.8. The van der Waals surface area contributed by atoms with Gasteiger partial charge in [0.1, 0.15) is 5.76 Å². The predicted molar refractivity (Wildman–Crippen MR) is 46.0 cm³/mol. The highest BCUT2D eigenvalue weighted by atomic mass is 16.5. The summed E-state index contributed by atoms with van der Waals surface area (Å²) in [6, 6.07) is 0. The molecule has 1 atom stereocenters. The highest BCUT2D eigenvalue weighted by Crippen LogP contribution is 2.30. The third-order valence-corrected chi connectivity index (χ3v) is 2.47. The summed E-state index contributed by atoms with van der Waals surface area (Å²) >= 11 is 0. The fourth-order valence-corrected chi connectivity index (χ4v) is 1.78. The Bertz CT molecular complexity index is 358. The maximum absolute atomic E-state index is 10.8. The second kappa shape index (κ2) is 3.42. The zero-order chi connectivity index (χ0) is 10.1. The van der Waals surface area contributed by atoms with Crippen molar-refractivity contribution in [2.45, 2.75) is 31.8 Å². The molecule has 0 fully saturated rings. The Labute approximate surface area is 80.3 Å². The zero-order valence-corrected chi connectivity index (χ0v) is 7.56. The second-order valence-electron chi connectivity index (χ2n) is 3.43. The molecular formula is C9H11NO4. The van der Waals surface area contributed by atoms with Gasteiger partial charge < -0.3 is 14.7 Å². The quantitative estimate of drug-likeness (QED) is 0.659. The number of carbonyl (C=O) groups is 1. The SMILES string of the molecule is O=C(O)c1noc2c1C(O)CCCC2. The molecule has 0 saturated heterocycles. The highest BCUT2D eigenvalue weighted by Gasteiger charge is 2.28. The number of aliphatic hydroxyl groups is 1. The van der Waals surface area contributed by atoms with E-state index < -0.39 is 12.1 Å². The van der Waals surface area contributed by atoms with E-state index in [9.17, 15) is 9.90 Å². The number of hydrogen-bond acceptors (Lipinski definition) is 4. The van der Waals surface area contributed by atoms with Crippen molar-refractivity contribution in [1.82, 2.24) is 5.16 Å². The molecule has 5 heteroatoms. The standard InChI is InChI=1S/C9H11NO4/c11-5-3-1-2-4-6-7(5)8(9(12)13)10-14-6/h5,11H,1-4H2,(H,12,13). The summed E-state index contributed by atoms with van der Waals surface area (Å²) in [6.45, 7) is 0. The van der Waals surface area contributed by atoms with E-state index in [-0.39, 0.29) is 5.69 Å². The first-order valence-corrected chi connectivity index (χ1v) is 4.60. The number of fused-ring (bicyclic) bond motifs is 1. The molecule has 1 unspecified atom stereocenters. The van der Waals surface area contributed by atoms with Crippen LogP contribution in [0.1, 0.15) is 47.2 Å². The zero-order valence-electron chi connectivity index (χ0n) is 7.56. The number of carboxylic acids is 1. The van der Waals surface area contributed by atoms with Crippen molar-refractivity contribution < 1.29 is 19.5 Å². The molecule has 0 saturated carbocycles. The first kappa shape index (κ1) is 9.21. The van der Waals surface area contributed by atoms with Crippen LogP contribution < -0.4 is 0 Å². The van der Waals surface area contributed by atoms with Crippen molar-refractivity contribution in [3.05, 3.63) is 17.0 Å². The number of carboxylic acid groups (broad SMARTS) is 1. The van der Waals surface area contributed by atoms with E-state index in [2.05, 4.69) is 5.16 Å². The maximum atomic E-state index is 10.8. The Morgan fingerprint density at radius 3 is 3.00 bits per heavy atom. The molecule has 2 N–H and O–H groups in total. The average Bonchev–Trinajstić information content (AvgIpc) is 2.48. The van der Waals surface area contributed by atoms with Crippen LogP contribution in [0.3, 0.4) is 0 Å². The fraction of sp³-hybridized carbons (Fsp3) is 0.556. The van der Waals surface area contributed by atoms with Crippen LogP contribution in [-0.4, -0.2) is 21.3 Å². The number of aromatic carboxylic acids is 1.